The van der Waals surface area contributed by atoms with Gasteiger partial charge in [-0.3, -0.25) is 4.98 Å². The highest BCUT2D eigenvalue weighted by molar-refractivity contribution is 5.84. The third-order valence-electron chi connectivity index (χ3n) is 5.42. The van der Waals surface area contributed by atoms with Gasteiger partial charge in [0.1, 0.15) is 11.4 Å². The van der Waals surface area contributed by atoms with Gasteiger partial charge in [-0.15, -0.1) is 0 Å². The molecule has 2 saturated heterocycles. The van der Waals surface area contributed by atoms with Crippen molar-refractivity contribution in [1.82, 2.24) is 20.1 Å². The van der Waals surface area contributed by atoms with Crippen molar-refractivity contribution in [1.29, 1.82) is 0 Å². The van der Waals surface area contributed by atoms with E-state index in [-0.39, 0.29) is 11.6 Å². The molecule has 134 valence electrons. The second-order valence-corrected chi connectivity index (χ2v) is 7.16. The maximum absolute atomic E-state index is 12.4. The van der Waals surface area contributed by atoms with Gasteiger partial charge in [0.05, 0.1) is 6.42 Å². The number of aromatic nitrogens is 1. The molecule has 1 aromatic heterocycles. The van der Waals surface area contributed by atoms with Crippen molar-refractivity contribution >= 4 is 11.9 Å². The van der Waals surface area contributed by atoms with Crippen LogP contribution in [0, 0.1) is 0 Å². The molecule has 4 rings (SSSR count). The number of hydrogen-bond acceptors (Lipinski definition) is 5. The van der Waals surface area contributed by atoms with E-state index < -0.39 is 0 Å². The fraction of sp³-hybridized carbons (Fsp3) is 0.611. The first kappa shape index (κ1) is 16.2. The Balaban J connectivity index is 1.25. The topological polar surface area (TPSA) is 70.1 Å². The second kappa shape index (κ2) is 6.90. The Bertz CT molecular complexity index is 634. The number of pyridine rings is 1. The molecule has 0 atom stereocenters. The van der Waals surface area contributed by atoms with Gasteiger partial charge in [0.2, 0.25) is 0 Å². The quantitative estimate of drug-likeness (QED) is 0.891. The zero-order valence-electron chi connectivity index (χ0n) is 14.5. The number of urea groups is 1. The fourth-order valence-electron chi connectivity index (χ4n) is 3.82. The molecule has 0 radical (unpaired) electrons. The van der Waals surface area contributed by atoms with Crippen LogP contribution in [0.25, 0.3) is 0 Å². The van der Waals surface area contributed by atoms with E-state index in [2.05, 4.69) is 20.4 Å². The molecule has 0 aliphatic carbocycles. The minimum Gasteiger partial charge on any atom is -0.387 e. The number of piperidine rings is 1. The molecule has 3 aliphatic heterocycles. The lowest BCUT2D eigenvalue weighted by molar-refractivity contribution is -0.0550. The maximum Gasteiger partial charge on any atom is 0.317 e. The standard InChI is InChI=1S/C18H25N5O2/c24-17(20-14-15-4-3-7-19-13-15)23-10-5-18(6-11-23)12-16(21-25-18)22-8-1-2-9-22/h3-4,7,13H,1-2,5-6,8-12,14H2,(H,20,24). The Labute approximate surface area is 148 Å². The molecule has 7 heteroatoms. The highest BCUT2D eigenvalue weighted by atomic mass is 16.7. The first-order valence-electron chi connectivity index (χ1n) is 9.16. The number of amides is 2. The van der Waals surface area contributed by atoms with Crippen LogP contribution in [0.5, 0.6) is 0 Å². The van der Waals surface area contributed by atoms with Crippen molar-refractivity contribution in [2.24, 2.45) is 5.16 Å². The zero-order chi connectivity index (χ0) is 17.1. The summed E-state index contributed by atoms with van der Waals surface area (Å²) >= 11 is 0. The van der Waals surface area contributed by atoms with Gasteiger partial charge in [-0.05, 0) is 24.5 Å². The summed E-state index contributed by atoms with van der Waals surface area (Å²) < 4.78 is 0. The van der Waals surface area contributed by atoms with Crippen LogP contribution >= 0.6 is 0 Å². The number of carbonyl (C=O) groups is 1. The van der Waals surface area contributed by atoms with E-state index in [9.17, 15) is 4.79 Å². The molecule has 0 unspecified atom stereocenters. The third-order valence-corrected chi connectivity index (χ3v) is 5.42. The molecule has 4 heterocycles. The summed E-state index contributed by atoms with van der Waals surface area (Å²) in [5.74, 6) is 1.10. The average molecular weight is 343 g/mol. The SMILES string of the molecule is O=C(NCc1cccnc1)N1CCC2(CC1)CC(N1CCCC1)=NO2. The van der Waals surface area contributed by atoms with Gasteiger partial charge in [0.15, 0.2) is 0 Å². The number of nitrogens with one attached hydrogen (secondary N) is 1. The molecule has 0 bridgehead atoms. The molecule has 2 amide bonds. The summed E-state index contributed by atoms with van der Waals surface area (Å²) in [7, 11) is 0. The van der Waals surface area contributed by atoms with E-state index >= 15 is 0 Å². The van der Waals surface area contributed by atoms with Crippen LogP contribution in [0.1, 0.15) is 37.7 Å². The van der Waals surface area contributed by atoms with Gasteiger partial charge in [0.25, 0.3) is 0 Å². The Morgan fingerprint density at radius 1 is 1.24 bits per heavy atom. The van der Waals surface area contributed by atoms with Crippen molar-refractivity contribution in [3.8, 4) is 0 Å². The number of amidine groups is 1. The van der Waals surface area contributed by atoms with Gasteiger partial charge in [0, 0.05) is 58.0 Å². The molecule has 0 saturated carbocycles. The zero-order valence-corrected chi connectivity index (χ0v) is 14.5. The minimum atomic E-state index is -0.196. The summed E-state index contributed by atoms with van der Waals surface area (Å²) in [4.78, 5) is 26.5. The monoisotopic (exact) mass is 343 g/mol. The Hall–Kier alpha value is -2.31. The lowest BCUT2D eigenvalue weighted by Gasteiger charge is -2.37. The second-order valence-electron chi connectivity index (χ2n) is 7.16. The number of rotatable bonds is 2. The summed E-state index contributed by atoms with van der Waals surface area (Å²) in [5, 5.41) is 7.33. The van der Waals surface area contributed by atoms with E-state index in [4.69, 9.17) is 4.84 Å². The molecule has 25 heavy (non-hydrogen) atoms. The summed E-state index contributed by atoms with van der Waals surface area (Å²) in [6, 6.07) is 3.82. The van der Waals surface area contributed by atoms with Crippen molar-refractivity contribution in [3.63, 3.8) is 0 Å². The molecular weight excluding hydrogens is 318 g/mol. The van der Waals surface area contributed by atoms with Gasteiger partial charge >= 0.3 is 6.03 Å². The average Bonchev–Trinajstić information content (AvgIpc) is 3.32. The molecule has 3 aliphatic rings. The van der Waals surface area contributed by atoms with E-state index in [0.717, 1.165) is 43.8 Å². The van der Waals surface area contributed by atoms with E-state index in [1.165, 1.54) is 12.8 Å². The van der Waals surface area contributed by atoms with E-state index in [1.54, 1.807) is 12.4 Å². The van der Waals surface area contributed by atoms with Crippen molar-refractivity contribution in [3.05, 3.63) is 30.1 Å². The molecule has 7 nitrogen and oxygen atoms in total. The number of nitrogens with zero attached hydrogens (tertiary/aromatic N) is 4. The molecule has 1 aromatic rings. The van der Waals surface area contributed by atoms with Crippen LogP contribution < -0.4 is 5.32 Å². The Kier molecular flexibility index (Phi) is 4.46. The van der Waals surface area contributed by atoms with Gasteiger partial charge in [-0.1, -0.05) is 11.2 Å². The lowest BCUT2D eigenvalue weighted by atomic mass is 9.88. The van der Waals surface area contributed by atoms with E-state index in [0.29, 0.717) is 19.6 Å². The molecule has 1 spiro atoms. The van der Waals surface area contributed by atoms with Crippen LogP contribution in [0.15, 0.2) is 29.7 Å². The van der Waals surface area contributed by atoms with Crippen molar-refractivity contribution < 1.29 is 9.63 Å². The van der Waals surface area contributed by atoms with Crippen LogP contribution in [-0.2, 0) is 11.4 Å². The first-order valence-corrected chi connectivity index (χ1v) is 9.16. The highest BCUT2D eigenvalue weighted by Crippen LogP contribution is 2.35. The lowest BCUT2D eigenvalue weighted by Crippen LogP contribution is -2.50. The van der Waals surface area contributed by atoms with Crippen LogP contribution in [0.4, 0.5) is 4.79 Å². The minimum absolute atomic E-state index is 0.0163. The third kappa shape index (κ3) is 3.55. The van der Waals surface area contributed by atoms with Gasteiger partial charge in [-0.25, -0.2) is 4.79 Å². The number of carbonyl (C=O) groups excluding carboxylic acids is 1. The number of oxime groups is 1. The van der Waals surface area contributed by atoms with Crippen LogP contribution in [0.3, 0.4) is 0 Å². The smallest absolute Gasteiger partial charge is 0.317 e. The van der Waals surface area contributed by atoms with Crippen LogP contribution in [0.2, 0.25) is 0 Å². The fourth-order valence-corrected chi connectivity index (χ4v) is 3.82. The normalized spacial score (nSPS) is 22.0. The molecular formula is C18H25N5O2. The maximum atomic E-state index is 12.4. The van der Waals surface area contributed by atoms with E-state index in [1.807, 2.05) is 17.0 Å². The van der Waals surface area contributed by atoms with Crippen molar-refractivity contribution in [2.75, 3.05) is 26.2 Å². The largest absolute Gasteiger partial charge is 0.387 e. The summed E-state index contributed by atoms with van der Waals surface area (Å²) in [6.45, 7) is 4.12. The molecule has 2 fully saturated rings. The highest BCUT2D eigenvalue weighted by Gasteiger charge is 2.44. The summed E-state index contributed by atoms with van der Waals surface area (Å²) in [5.41, 5.74) is 0.810. The Morgan fingerprint density at radius 2 is 2.04 bits per heavy atom. The van der Waals surface area contributed by atoms with Crippen LogP contribution in [-0.4, -0.2) is 58.4 Å². The van der Waals surface area contributed by atoms with Gasteiger partial charge < -0.3 is 20.0 Å². The Morgan fingerprint density at radius 3 is 2.76 bits per heavy atom. The number of hydrogen-bond donors (Lipinski definition) is 1. The predicted molar refractivity (Wildman–Crippen MR) is 94.0 cm³/mol. The molecule has 0 aromatic carbocycles. The summed E-state index contributed by atoms with van der Waals surface area (Å²) in [6.07, 6.45) is 8.57. The first-order chi connectivity index (χ1) is 12.2. The van der Waals surface area contributed by atoms with Crippen molar-refractivity contribution in [2.45, 2.75) is 44.2 Å². The molecule has 1 N–H and O–H groups in total. The van der Waals surface area contributed by atoms with Gasteiger partial charge in [-0.2, -0.15) is 0 Å². The predicted octanol–water partition coefficient (Wildman–Crippen LogP) is 1.96. The number of likely N-dealkylation sites (tertiary alicyclic amines) is 2.